The van der Waals surface area contributed by atoms with Gasteiger partial charge in [-0.2, -0.15) is 0 Å². The molecule has 3 N–H and O–H groups in total. The summed E-state index contributed by atoms with van der Waals surface area (Å²) in [6, 6.07) is 14.7. The number of ether oxygens (including phenoxy) is 1. The maximum absolute atomic E-state index is 11.8. The summed E-state index contributed by atoms with van der Waals surface area (Å²) in [4.78, 5) is 9.69. The second-order valence-corrected chi connectivity index (χ2v) is 9.47. The van der Waals surface area contributed by atoms with Gasteiger partial charge in [-0.15, -0.1) is 0 Å². The molecule has 0 aliphatic heterocycles. The topological polar surface area (TPSA) is 88.0 Å². The van der Waals surface area contributed by atoms with Gasteiger partial charge in [-0.05, 0) is 62.6 Å². The van der Waals surface area contributed by atoms with Crippen molar-refractivity contribution in [2.75, 3.05) is 12.9 Å². The lowest BCUT2D eigenvalue weighted by Crippen LogP contribution is -2.32. The fraction of sp³-hybridized carbons (Fsp3) is 0.429. The molecule has 0 amide bonds. The lowest BCUT2D eigenvalue weighted by molar-refractivity contribution is 0.170. The highest BCUT2D eigenvalue weighted by Crippen LogP contribution is 2.43. The highest BCUT2D eigenvalue weighted by Gasteiger charge is 2.22. The normalized spacial score (nSPS) is 15.7. The minimum atomic E-state index is -3.76. The van der Waals surface area contributed by atoms with Gasteiger partial charge in [0.15, 0.2) is 6.35 Å². The van der Waals surface area contributed by atoms with Gasteiger partial charge in [0.2, 0.25) is 0 Å². The van der Waals surface area contributed by atoms with Crippen molar-refractivity contribution in [1.82, 2.24) is 5.32 Å². The second-order valence-electron chi connectivity index (χ2n) is 7.29. The van der Waals surface area contributed by atoms with Crippen molar-refractivity contribution in [3.8, 4) is 5.75 Å². The molecule has 2 aromatic rings. The zero-order valence-corrected chi connectivity index (χ0v) is 18.6. The first-order chi connectivity index (χ1) is 13.6. The van der Waals surface area contributed by atoms with Crippen LogP contribution in [0.25, 0.3) is 0 Å². The average molecular weight is 442 g/mol. The first-order valence-electron chi connectivity index (χ1n) is 9.53. The molecule has 0 heterocycles. The molecule has 0 aliphatic rings. The third-order valence-corrected chi connectivity index (χ3v) is 5.61. The van der Waals surface area contributed by atoms with Crippen molar-refractivity contribution in [1.29, 1.82) is 0 Å². The van der Waals surface area contributed by atoms with E-state index in [0.29, 0.717) is 17.3 Å². The maximum atomic E-state index is 11.8. The number of aliphatic hydroxyl groups is 1. The molecule has 0 spiro atoms. The van der Waals surface area contributed by atoms with E-state index in [1.54, 1.807) is 38.1 Å². The number of hydrogen-bond donors (Lipinski definition) is 3. The van der Waals surface area contributed by atoms with Crippen LogP contribution >= 0.6 is 19.2 Å². The van der Waals surface area contributed by atoms with Gasteiger partial charge in [-0.3, -0.25) is 4.57 Å². The van der Waals surface area contributed by atoms with E-state index in [2.05, 4.69) is 5.32 Å². The molecule has 29 heavy (non-hydrogen) atoms. The molecule has 0 radical (unpaired) electrons. The predicted octanol–water partition coefficient (Wildman–Crippen LogP) is 4.54. The zero-order valence-electron chi connectivity index (χ0n) is 16.9. The summed E-state index contributed by atoms with van der Waals surface area (Å²) in [5, 5.41) is 14.2. The van der Waals surface area contributed by atoms with Crippen LogP contribution in [0.4, 0.5) is 0 Å². The number of hydrogen-bond acceptors (Lipinski definition) is 5. The van der Waals surface area contributed by atoms with Crippen LogP contribution in [0.2, 0.25) is 5.02 Å². The minimum Gasteiger partial charge on any atom is -0.481 e. The number of aliphatic hydroxyl groups excluding tert-OH is 1. The van der Waals surface area contributed by atoms with Gasteiger partial charge in [-0.25, -0.2) is 0 Å². The molecule has 2 aromatic carbocycles. The van der Waals surface area contributed by atoms with Crippen molar-refractivity contribution in [2.45, 2.75) is 45.4 Å². The molecule has 8 heteroatoms. The number of benzene rings is 2. The van der Waals surface area contributed by atoms with Crippen LogP contribution in [-0.2, 0) is 15.5 Å². The van der Waals surface area contributed by atoms with E-state index in [1.165, 1.54) is 0 Å². The van der Waals surface area contributed by atoms with Gasteiger partial charge in [0.05, 0.1) is 12.2 Å². The first-order valence-corrected chi connectivity index (χ1v) is 11.7. The Morgan fingerprint density at radius 1 is 1.07 bits per heavy atom. The van der Waals surface area contributed by atoms with E-state index < -0.39 is 13.7 Å². The monoisotopic (exact) mass is 441 g/mol. The molecule has 3 unspecified atom stereocenters. The minimum absolute atomic E-state index is 0.154. The third kappa shape index (κ3) is 8.87. The van der Waals surface area contributed by atoms with Crippen LogP contribution < -0.4 is 10.1 Å². The van der Waals surface area contributed by atoms with Gasteiger partial charge < -0.3 is 24.6 Å². The summed E-state index contributed by atoms with van der Waals surface area (Å²) in [7, 11) is -3.76. The van der Waals surface area contributed by atoms with Crippen LogP contribution in [0.5, 0.6) is 5.75 Å². The Morgan fingerprint density at radius 3 is 2.28 bits per heavy atom. The van der Waals surface area contributed by atoms with Gasteiger partial charge in [0.25, 0.3) is 0 Å². The Bertz CT molecular complexity index is 798. The number of rotatable bonds is 11. The Morgan fingerprint density at radius 2 is 1.69 bits per heavy atom. The summed E-state index contributed by atoms with van der Waals surface area (Å²) in [5.74, 6) is 0.508. The number of halogens is 1. The molecule has 3 atom stereocenters. The van der Waals surface area contributed by atoms with E-state index in [4.69, 9.17) is 20.9 Å². The van der Waals surface area contributed by atoms with Crippen LogP contribution in [-0.4, -0.2) is 35.0 Å². The standard InChI is InChI=1S/C21H29ClNO5P/c1-15(2)28-29(25,26)14-27-20-10-4-17(5-11-20)12-16(3)23-13-21(24)18-6-8-19(22)9-7-18/h4-11,15-16,21,23-24H,12-14H2,1-3H3,(H,25,26). The van der Waals surface area contributed by atoms with Crippen LogP contribution in [0, 0.1) is 0 Å². The highest BCUT2D eigenvalue weighted by molar-refractivity contribution is 7.52. The molecular formula is C21H29ClNO5P. The average Bonchev–Trinajstić information content (AvgIpc) is 2.65. The zero-order chi connectivity index (χ0) is 21.4. The SMILES string of the molecule is CC(Cc1ccc(OCP(=O)(O)OC(C)C)cc1)NCC(O)c1ccc(Cl)cc1. The van der Waals surface area contributed by atoms with Crippen molar-refractivity contribution in [3.63, 3.8) is 0 Å². The Hall–Kier alpha value is -1.40. The first kappa shape index (κ1) is 23.9. The van der Waals surface area contributed by atoms with Gasteiger partial charge in [0, 0.05) is 17.6 Å². The molecule has 2 rings (SSSR count). The van der Waals surface area contributed by atoms with Crippen LogP contribution in [0.1, 0.15) is 38.0 Å². The summed E-state index contributed by atoms with van der Waals surface area (Å²) in [6.07, 6.45) is -0.565. The van der Waals surface area contributed by atoms with Crippen LogP contribution in [0.15, 0.2) is 48.5 Å². The number of nitrogens with one attached hydrogen (secondary N) is 1. The fourth-order valence-corrected chi connectivity index (χ4v) is 3.94. The Kier molecular flexibility index (Phi) is 9.15. The molecule has 6 nitrogen and oxygen atoms in total. The van der Waals surface area contributed by atoms with Crippen LogP contribution in [0.3, 0.4) is 0 Å². The van der Waals surface area contributed by atoms with Gasteiger partial charge in [0.1, 0.15) is 5.75 Å². The molecule has 0 saturated carbocycles. The molecular weight excluding hydrogens is 413 g/mol. The molecule has 0 bridgehead atoms. The molecule has 0 aromatic heterocycles. The maximum Gasteiger partial charge on any atom is 0.365 e. The van der Waals surface area contributed by atoms with Crippen molar-refractivity contribution in [3.05, 3.63) is 64.7 Å². The van der Waals surface area contributed by atoms with Crippen molar-refractivity contribution >= 4 is 19.2 Å². The summed E-state index contributed by atoms with van der Waals surface area (Å²) in [6.45, 7) is 5.87. The second kappa shape index (κ2) is 11.1. The lowest BCUT2D eigenvalue weighted by atomic mass is 10.1. The summed E-state index contributed by atoms with van der Waals surface area (Å²) >= 11 is 5.87. The van der Waals surface area contributed by atoms with E-state index in [9.17, 15) is 14.6 Å². The predicted molar refractivity (Wildman–Crippen MR) is 116 cm³/mol. The molecule has 160 valence electrons. The van der Waals surface area contributed by atoms with Crippen molar-refractivity contribution < 1.29 is 23.8 Å². The van der Waals surface area contributed by atoms with E-state index in [0.717, 1.165) is 17.5 Å². The van der Waals surface area contributed by atoms with Crippen molar-refractivity contribution in [2.24, 2.45) is 0 Å². The third-order valence-electron chi connectivity index (χ3n) is 4.15. The Labute approximate surface area is 177 Å². The largest absolute Gasteiger partial charge is 0.481 e. The molecule has 0 saturated heterocycles. The highest BCUT2D eigenvalue weighted by atomic mass is 35.5. The Balaban J connectivity index is 1.78. The quantitative estimate of drug-likeness (QED) is 0.444. The van der Waals surface area contributed by atoms with E-state index in [-0.39, 0.29) is 18.5 Å². The lowest BCUT2D eigenvalue weighted by Gasteiger charge is -2.18. The van der Waals surface area contributed by atoms with E-state index in [1.807, 2.05) is 31.2 Å². The van der Waals surface area contributed by atoms with E-state index >= 15 is 0 Å². The summed E-state index contributed by atoms with van der Waals surface area (Å²) in [5.41, 5.74) is 1.90. The fourth-order valence-electron chi connectivity index (χ4n) is 2.78. The molecule has 0 fully saturated rings. The smallest absolute Gasteiger partial charge is 0.365 e. The summed E-state index contributed by atoms with van der Waals surface area (Å²) < 4.78 is 22.2. The molecule has 0 aliphatic carbocycles. The van der Waals surface area contributed by atoms with Gasteiger partial charge >= 0.3 is 7.60 Å². The van der Waals surface area contributed by atoms with Gasteiger partial charge in [-0.1, -0.05) is 35.9 Å².